The SMILES string of the molecule is CCC(NCc1cc(Br)ccc1F)c1ccc(Br)cc1. The van der Waals surface area contributed by atoms with E-state index in [1.165, 1.54) is 11.6 Å². The van der Waals surface area contributed by atoms with Crippen molar-refractivity contribution in [2.45, 2.75) is 25.9 Å². The number of nitrogens with one attached hydrogen (secondary N) is 1. The van der Waals surface area contributed by atoms with Gasteiger partial charge in [0, 0.05) is 27.1 Å². The largest absolute Gasteiger partial charge is 0.306 e. The molecule has 0 saturated heterocycles. The molecule has 0 aliphatic carbocycles. The van der Waals surface area contributed by atoms with Crippen LogP contribution in [0, 0.1) is 5.82 Å². The third-order valence-corrected chi connectivity index (χ3v) is 4.25. The molecule has 0 aliphatic heterocycles. The minimum Gasteiger partial charge on any atom is -0.306 e. The molecule has 20 heavy (non-hydrogen) atoms. The van der Waals surface area contributed by atoms with E-state index < -0.39 is 0 Å². The average molecular weight is 401 g/mol. The predicted octanol–water partition coefficient (Wildman–Crippen LogP) is 5.59. The second-order valence-corrected chi connectivity index (χ2v) is 6.46. The highest BCUT2D eigenvalue weighted by Gasteiger charge is 2.10. The zero-order valence-corrected chi connectivity index (χ0v) is 14.3. The first-order valence-electron chi connectivity index (χ1n) is 6.53. The van der Waals surface area contributed by atoms with Crippen LogP contribution in [0.15, 0.2) is 51.4 Å². The molecule has 0 radical (unpaired) electrons. The van der Waals surface area contributed by atoms with Crippen molar-refractivity contribution < 1.29 is 4.39 Å². The van der Waals surface area contributed by atoms with E-state index in [1.807, 2.05) is 18.2 Å². The summed E-state index contributed by atoms with van der Waals surface area (Å²) in [5, 5.41) is 3.41. The molecule has 2 rings (SSSR count). The highest BCUT2D eigenvalue weighted by molar-refractivity contribution is 9.10. The molecule has 0 amide bonds. The molecule has 0 aromatic heterocycles. The Hall–Kier alpha value is -0.710. The van der Waals surface area contributed by atoms with Crippen molar-refractivity contribution in [2.75, 3.05) is 0 Å². The maximum atomic E-state index is 13.7. The van der Waals surface area contributed by atoms with Gasteiger partial charge in [0.25, 0.3) is 0 Å². The maximum absolute atomic E-state index is 13.7. The minimum atomic E-state index is -0.175. The molecule has 4 heteroatoms. The lowest BCUT2D eigenvalue weighted by molar-refractivity contribution is 0.504. The van der Waals surface area contributed by atoms with Gasteiger partial charge < -0.3 is 5.32 Å². The van der Waals surface area contributed by atoms with Gasteiger partial charge >= 0.3 is 0 Å². The fourth-order valence-corrected chi connectivity index (χ4v) is 2.78. The summed E-state index contributed by atoms with van der Waals surface area (Å²) in [6.45, 7) is 2.64. The molecule has 0 fully saturated rings. The van der Waals surface area contributed by atoms with Gasteiger partial charge in [0.15, 0.2) is 0 Å². The van der Waals surface area contributed by atoms with Gasteiger partial charge in [-0.1, -0.05) is 50.9 Å². The highest BCUT2D eigenvalue weighted by Crippen LogP contribution is 2.21. The lowest BCUT2D eigenvalue weighted by atomic mass is 10.0. The van der Waals surface area contributed by atoms with Gasteiger partial charge in [-0.3, -0.25) is 0 Å². The van der Waals surface area contributed by atoms with E-state index in [-0.39, 0.29) is 11.9 Å². The summed E-state index contributed by atoms with van der Waals surface area (Å²) in [4.78, 5) is 0. The molecular weight excluding hydrogens is 385 g/mol. The Balaban J connectivity index is 2.07. The first-order chi connectivity index (χ1) is 9.60. The van der Waals surface area contributed by atoms with Crippen LogP contribution in [-0.2, 0) is 6.54 Å². The van der Waals surface area contributed by atoms with Gasteiger partial charge in [0.2, 0.25) is 0 Å². The zero-order chi connectivity index (χ0) is 14.5. The zero-order valence-electron chi connectivity index (χ0n) is 11.2. The molecule has 0 saturated carbocycles. The van der Waals surface area contributed by atoms with Gasteiger partial charge in [-0.05, 0) is 42.3 Å². The molecule has 0 spiro atoms. The second-order valence-electron chi connectivity index (χ2n) is 4.63. The van der Waals surface area contributed by atoms with Crippen LogP contribution in [-0.4, -0.2) is 0 Å². The Bertz CT molecular complexity index is 569. The Morgan fingerprint density at radius 3 is 2.35 bits per heavy atom. The molecule has 0 bridgehead atoms. The number of rotatable bonds is 5. The Kier molecular flexibility index (Phi) is 5.75. The van der Waals surface area contributed by atoms with E-state index in [9.17, 15) is 4.39 Å². The lowest BCUT2D eigenvalue weighted by Crippen LogP contribution is -2.20. The van der Waals surface area contributed by atoms with Gasteiger partial charge in [-0.15, -0.1) is 0 Å². The Morgan fingerprint density at radius 1 is 1.05 bits per heavy atom. The monoisotopic (exact) mass is 399 g/mol. The van der Waals surface area contributed by atoms with Crippen LogP contribution in [0.4, 0.5) is 4.39 Å². The van der Waals surface area contributed by atoms with E-state index in [0.29, 0.717) is 12.1 Å². The van der Waals surface area contributed by atoms with Crippen LogP contribution >= 0.6 is 31.9 Å². The van der Waals surface area contributed by atoms with Crippen LogP contribution in [0.5, 0.6) is 0 Å². The third kappa shape index (κ3) is 4.14. The van der Waals surface area contributed by atoms with Crippen LogP contribution in [0.3, 0.4) is 0 Å². The van der Waals surface area contributed by atoms with E-state index in [4.69, 9.17) is 0 Å². The Morgan fingerprint density at radius 2 is 1.70 bits per heavy atom. The van der Waals surface area contributed by atoms with Gasteiger partial charge in [0.1, 0.15) is 5.82 Å². The summed E-state index contributed by atoms with van der Waals surface area (Å²) in [7, 11) is 0. The molecule has 1 nitrogen and oxygen atoms in total. The van der Waals surface area contributed by atoms with Gasteiger partial charge in [-0.2, -0.15) is 0 Å². The topological polar surface area (TPSA) is 12.0 Å². The molecule has 106 valence electrons. The van der Waals surface area contributed by atoms with Gasteiger partial charge in [0.05, 0.1) is 0 Å². The number of hydrogen-bond acceptors (Lipinski definition) is 1. The van der Waals surface area contributed by atoms with E-state index in [2.05, 4.69) is 56.2 Å². The fraction of sp³-hybridized carbons (Fsp3) is 0.250. The summed E-state index contributed by atoms with van der Waals surface area (Å²) < 4.78 is 15.7. The van der Waals surface area contributed by atoms with Crippen molar-refractivity contribution in [1.82, 2.24) is 5.32 Å². The number of benzene rings is 2. The molecule has 0 aliphatic rings. The molecule has 2 aromatic rings. The normalized spacial score (nSPS) is 12.4. The van der Waals surface area contributed by atoms with Crippen LogP contribution in [0.25, 0.3) is 0 Å². The third-order valence-electron chi connectivity index (χ3n) is 3.23. The van der Waals surface area contributed by atoms with Crippen molar-refractivity contribution >= 4 is 31.9 Å². The first kappa shape index (κ1) is 15.7. The quantitative estimate of drug-likeness (QED) is 0.689. The van der Waals surface area contributed by atoms with Gasteiger partial charge in [-0.25, -0.2) is 4.39 Å². The summed E-state index contributed by atoms with van der Waals surface area (Å²) in [6, 6.07) is 13.5. The standard InChI is InChI=1S/C16H16Br2FN/c1-2-16(11-3-5-13(17)6-4-11)20-10-12-9-14(18)7-8-15(12)19/h3-9,16,20H,2,10H2,1H3. The van der Waals surface area contributed by atoms with E-state index in [0.717, 1.165) is 15.4 Å². The molecule has 2 aromatic carbocycles. The first-order valence-corrected chi connectivity index (χ1v) is 8.11. The molecule has 1 atom stereocenters. The number of hydrogen-bond donors (Lipinski definition) is 1. The molecular formula is C16H16Br2FN. The average Bonchev–Trinajstić information content (AvgIpc) is 2.45. The van der Waals surface area contributed by atoms with Crippen LogP contribution < -0.4 is 5.32 Å². The van der Waals surface area contributed by atoms with Crippen LogP contribution in [0.1, 0.15) is 30.5 Å². The van der Waals surface area contributed by atoms with Crippen LogP contribution in [0.2, 0.25) is 0 Å². The lowest BCUT2D eigenvalue weighted by Gasteiger charge is -2.18. The van der Waals surface area contributed by atoms with E-state index in [1.54, 1.807) is 6.07 Å². The molecule has 0 heterocycles. The van der Waals surface area contributed by atoms with Crippen molar-refractivity contribution in [3.8, 4) is 0 Å². The van der Waals surface area contributed by atoms with Crippen molar-refractivity contribution in [3.63, 3.8) is 0 Å². The van der Waals surface area contributed by atoms with Crippen molar-refractivity contribution in [1.29, 1.82) is 0 Å². The van der Waals surface area contributed by atoms with E-state index >= 15 is 0 Å². The smallest absolute Gasteiger partial charge is 0.127 e. The highest BCUT2D eigenvalue weighted by atomic mass is 79.9. The summed E-state index contributed by atoms with van der Waals surface area (Å²) >= 11 is 6.81. The molecule has 1 unspecified atom stereocenters. The molecule has 1 N–H and O–H groups in total. The maximum Gasteiger partial charge on any atom is 0.127 e. The minimum absolute atomic E-state index is 0.175. The fourth-order valence-electron chi connectivity index (χ4n) is 2.10. The number of halogens is 3. The second kappa shape index (κ2) is 7.34. The summed E-state index contributed by atoms with van der Waals surface area (Å²) in [5.74, 6) is -0.175. The summed E-state index contributed by atoms with van der Waals surface area (Å²) in [5.41, 5.74) is 1.89. The summed E-state index contributed by atoms with van der Waals surface area (Å²) in [6.07, 6.45) is 0.956. The van der Waals surface area contributed by atoms with Crippen molar-refractivity contribution in [2.24, 2.45) is 0 Å². The predicted molar refractivity (Wildman–Crippen MR) is 88.1 cm³/mol. The van der Waals surface area contributed by atoms with Crippen molar-refractivity contribution in [3.05, 3.63) is 68.4 Å². The Labute approximate surface area is 135 Å².